The Kier molecular flexibility index (Phi) is 2.44. The highest BCUT2D eigenvalue weighted by atomic mass is 79.9. The maximum absolute atomic E-state index is 10.9. The van der Waals surface area contributed by atoms with Gasteiger partial charge >= 0.3 is 0 Å². The molecule has 0 bridgehead atoms. The van der Waals surface area contributed by atoms with Gasteiger partial charge in [0.05, 0.1) is 12.5 Å². The average molecular weight is 213 g/mol. The summed E-state index contributed by atoms with van der Waals surface area (Å²) >= 11 is 3.19. The van der Waals surface area contributed by atoms with Crippen molar-refractivity contribution in [3.8, 4) is 6.07 Å². The van der Waals surface area contributed by atoms with Crippen molar-refractivity contribution in [3.63, 3.8) is 0 Å². The molecule has 1 aromatic rings. The fourth-order valence-corrected chi connectivity index (χ4v) is 1.11. The quantitative estimate of drug-likeness (QED) is 0.761. The minimum absolute atomic E-state index is 0.148. The van der Waals surface area contributed by atoms with Crippen LogP contribution in [0.4, 0.5) is 0 Å². The first kappa shape index (κ1) is 8.02. The first-order chi connectivity index (χ1) is 5.24. The second-order valence-corrected chi connectivity index (χ2v) is 2.92. The zero-order valence-electron chi connectivity index (χ0n) is 5.60. The third-order valence-corrected chi connectivity index (χ3v) is 1.67. The summed E-state index contributed by atoms with van der Waals surface area (Å²) < 4.78 is 0.780. The average Bonchev–Trinajstić information content (AvgIpc) is 1.98. The van der Waals surface area contributed by atoms with Crippen LogP contribution in [-0.2, 0) is 6.42 Å². The van der Waals surface area contributed by atoms with E-state index in [1.54, 1.807) is 12.3 Å². The van der Waals surface area contributed by atoms with E-state index in [-0.39, 0.29) is 12.0 Å². The predicted molar refractivity (Wildman–Crippen MR) is 44.1 cm³/mol. The van der Waals surface area contributed by atoms with E-state index < -0.39 is 0 Å². The number of nitrogens with zero attached hydrogens (tertiary/aromatic N) is 1. The molecule has 11 heavy (non-hydrogen) atoms. The molecule has 0 saturated carbocycles. The van der Waals surface area contributed by atoms with Gasteiger partial charge in [0.2, 0.25) is 0 Å². The molecule has 0 spiro atoms. The number of H-pyrrole nitrogens is 1. The van der Waals surface area contributed by atoms with Gasteiger partial charge in [-0.25, -0.2) is 0 Å². The first-order valence-electron chi connectivity index (χ1n) is 2.98. The molecule has 56 valence electrons. The summed E-state index contributed by atoms with van der Waals surface area (Å²) in [6.45, 7) is 0. The van der Waals surface area contributed by atoms with Crippen molar-refractivity contribution >= 4 is 15.9 Å². The van der Waals surface area contributed by atoms with E-state index in [0.29, 0.717) is 5.56 Å². The highest BCUT2D eigenvalue weighted by Gasteiger charge is 1.97. The number of hydrogen-bond donors (Lipinski definition) is 1. The number of halogens is 1. The van der Waals surface area contributed by atoms with E-state index in [4.69, 9.17) is 5.26 Å². The molecule has 0 aliphatic heterocycles. The zero-order valence-corrected chi connectivity index (χ0v) is 7.18. The van der Waals surface area contributed by atoms with Crippen molar-refractivity contribution in [2.45, 2.75) is 6.42 Å². The number of nitriles is 1. The van der Waals surface area contributed by atoms with E-state index in [1.165, 1.54) is 0 Å². The van der Waals surface area contributed by atoms with E-state index >= 15 is 0 Å². The van der Waals surface area contributed by atoms with Crippen LogP contribution >= 0.6 is 15.9 Å². The Balaban J connectivity index is 3.15. The van der Waals surface area contributed by atoms with Gasteiger partial charge in [0, 0.05) is 16.2 Å². The number of aromatic amines is 1. The monoisotopic (exact) mass is 212 g/mol. The Morgan fingerprint density at radius 2 is 2.45 bits per heavy atom. The van der Waals surface area contributed by atoms with Crippen LogP contribution in [0.1, 0.15) is 5.56 Å². The molecule has 0 unspecified atom stereocenters. The lowest BCUT2D eigenvalue weighted by molar-refractivity contribution is 1.12. The molecule has 3 nitrogen and oxygen atoms in total. The van der Waals surface area contributed by atoms with Gasteiger partial charge in [-0.3, -0.25) is 4.79 Å². The molecule has 1 aromatic heterocycles. The molecule has 1 heterocycles. The van der Waals surface area contributed by atoms with Crippen molar-refractivity contribution in [1.29, 1.82) is 5.26 Å². The number of pyridine rings is 1. The van der Waals surface area contributed by atoms with Gasteiger partial charge in [0.25, 0.3) is 5.56 Å². The fourth-order valence-electron chi connectivity index (χ4n) is 0.717. The summed E-state index contributed by atoms with van der Waals surface area (Å²) in [5.74, 6) is 0. The third kappa shape index (κ3) is 1.92. The van der Waals surface area contributed by atoms with Crippen LogP contribution < -0.4 is 5.56 Å². The summed E-state index contributed by atoms with van der Waals surface area (Å²) in [5, 5.41) is 8.32. The topological polar surface area (TPSA) is 56.6 Å². The molecule has 0 aliphatic rings. The van der Waals surface area contributed by atoms with Crippen LogP contribution in [-0.4, -0.2) is 4.98 Å². The van der Waals surface area contributed by atoms with Crippen LogP contribution in [0.5, 0.6) is 0 Å². The van der Waals surface area contributed by atoms with Crippen LogP contribution in [0.2, 0.25) is 0 Å². The van der Waals surface area contributed by atoms with Gasteiger partial charge in [-0.15, -0.1) is 0 Å². The predicted octanol–water partition coefficient (Wildman–Crippen LogP) is 1.20. The van der Waals surface area contributed by atoms with E-state index in [0.717, 1.165) is 4.47 Å². The normalized spacial score (nSPS) is 9.09. The van der Waals surface area contributed by atoms with Gasteiger partial charge < -0.3 is 4.98 Å². The Hall–Kier alpha value is -1.08. The van der Waals surface area contributed by atoms with Crippen LogP contribution in [0.25, 0.3) is 0 Å². The van der Waals surface area contributed by atoms with Crippen LogP contribution in [0.15, 0.2) is 21.5 Å². The second kappa shape index (κ2) is 3.35. The van der Waals surface area contributed by atoms with Crippen molar-refractivity contribution in [3.05, 3.63) is 32.7 Å². The molecule has 0 saturated heterocycles. The lowest BCUT2D eigenvalue weighted by Gasteiger charge is -1.92. The summed E-state index contributed by atoms with van der Waals surface area (Å²) in [7, 11) is 0. The number of rotatable bonds is 1. The van der Waals surface area contributed by atoms with Crippen molar-refractivity contribution < 1.29 is 0 Å². The summed E-state index contributed by atoms with van der Waals surface area (Å²) in [6.07, 6.45) is 1.69. The zero-order chi connectivity index (χ0) is 8.27. The summed E-state index contributed by atoms with van der Waals surface area (Å²) in [6, 6.07) is 3.55. The number of aromatic nitrogens is 1. The SMILES string of the molecule is N#CCc1cc(Br)c[nH]c1=O. The fraction of sp³-hybridized carbons (Fsp3) is 0.143. The van der Waals surface area contributed by atoms with Crippen molar-refractivity contribution in [2.75, 3.05) is 0 Å². The molecule has 0 aromatic carbocycles. The maximum Gasteiger partial charge on any atom is 0.252 e. The molecule has 0 radical (unpaired) electrons. The second-order valence-electron chi connectivity index (χ2n) is 2.01. The standard InChI is InChI=1S/C7H5BrN2O/c8-6-3-5(1-2-9)7(11)10-4-6/h3-4H,1H2,(H,10,11). The van der Waals surface area contributed by atoms with Gasteiger partial charge in [-0.1, -0.05) is 0 Å². The van der Waals surface area contributed by atoms with E-state index in [2.05, 4.69) is 20.9 Å². The molecule has 4 heteroatoms. The van der Waals surface area contributed by atoms with E-state index in [9.17, 15) is 4.79 Å². The van der Waals surface area contributed by atoms with Gasteiger partial charge in [-0.2, -0.15) is 5.26 Å². The largest absolute Gasteiger partial charge is 0.328 e. The highest BCUT2D eigenvalue weighted by Crippen LogP contribution is 2.06. The lowest BCUT2D eigenvalue weighted by Crippen LogP contribution is -2.10. The van der Waals surface area contributed by atoms with Crippen molar-refractivity contribution in [1.82, 2.24) is 4.98 Å². The van der Waals surface area contributed by atoms with Gasteiger partial charge in [-0.05, 0) is 22.0 Å². The minimum atomic E-state index is -0.199. The Bertz CT molecular complexity index is 350. The smallest absolute Gasteiger partial charge is 0.252 e. The molecule has 0 aliphatic carbocycles. The molecular formula is C7H5BrN2O. The molecule has 0 amide bonds. The van der Waals surface area contributed by atoms with Crippen LogP contribution in [0.3, 0.4) is 0 Å². The maximum atomic E-state index is 10.9. The highest BCUT2D eigenvalue weighted by molar-refractivity contribution is 9.10. The molecular weight excluding hydrogens is 208 g/mol. The molecule has 1 N–H and O–H groups in total. The molecule has 0 atom stereocenters. The number of hydrogen-bond acceptors (Lipinski definition) is 2. The lowest BCUT2D eigenvalue weighted by atomic mass is 10.2. The van der Waals surface area contributed by atoms with Crippen molar-refractivity contribution in [2.24, 2.45) is 0 Å². The van der Waals surface area contributed by atoms with Crippen LogP contribution in [0, 0.1) is 11.3 Å². The summed E-state index contributed by atoms with van der Waals surface area (Å²) in [5.41, 5.74) is 0.289. The Morgan fingerprint density at radius 3 is 3.09 bits per heavy atom. The minimum Gasteiger partial charge on any atom is -0.328 e. The Labute approximate surface area is 71.8 Å². The molecule has 1 rings (SSSR count). The Morgan fingerprint density at radius 1 is 1.73 bits per heavy atom. The van der Waals surface area contributed by atoms with E-state index in [1.807, 2.05) is 6.07 Å². The summed E-state index contributed by atoms with van der Waals surface area (Å²) in [4.78, 5) is 13.4. The number of nitrogens with one attached hydrogen (secondary N) is 1. The third-order valence-electron chi connectivity index (χ3n) is 1.21. The first-order valence-corrected chi connectivity index (χ1v) is 3.77. The van der Waals surface area contributed by atoms with Gasteiger partial charge in [0.15, 0.2) is 0 Å². The molecule has 0 fully saturated rings. The van der Waals surface area contributed by atoms with Gasteiger partial charge in [0.1, 0.15) is 0 Å².